The fourth-order valence-corrected chi connectivity index (χ4v) is 2.55. The zero-order chi connectivity index (χ0) is 21.1. The number of aromatic nitrogens is 1. The first-order valence-electron chi connectivity index (χ1n) is 10.2. The zero-order valence-corrected chi connectivity index (χ0v) is 18.0. The molecule has 0 aliphatic heterocycles. The average Bonchev–Trinajstić information content (AvgIpc) is 2.70. The van der Waals surface area contributed by atoms with Crippen LogP contribution < -0.4 is 15.4 Å². The van der Waals surface area contributed by atoms with Gasteiger partial charge in [-0.2, -0.15) is 0 Å². The van der Waals surface area contributed by atoms with Crippen molar-refractivity contribution in [2.75, 3.05) is 6.61 Å². The molecule has 0 atom stereocenters. The summed E-state index contributed by atoms with van der Waals surface area (Å²) in [5.41, 5.74) is 2.79. The van der Waals surface area contributed by atoms with Gasteiger partial charge in [-0.25, -0.2) is 9.78 Å². The van der Waals surface area contributed by atoms with Crippen LogP contribution in [-0.4, -0.2) is 23.2 Å². The van der Waals surface area contributed by atoms with Crippen LogP contribution in [0.25, 0.3) is 0 Å². The second-order valence-electron chi connectivity index (χ2n) is 7.93. The van der Waals surface area contributed by atoms with Gasteiger partial charge in [0.1, 0.15) is 0 Å². The predicted octanol–water partition coefficient (Wildman–Crippen LogP) is 4.58. The van der Waals surface area contributed by atoms with Gasteiger partial charge in [-0.15, -0.1) is 0 Å². The van der Waals surface area contributed by atoms with Gasteiger partial charge in [0.05, 0.1) is 18.8 Å². The van der Waals surface area contributed by atoms with E-state index in [2.05, 4.69) is 22.5 Å². The van der Waals surface area contributed by atoms with Crippen molar-refractivity contribution in [2.45, 2.75) is 65.8 Å². The minimum Gasteiger partial charge on any atom is -0.477 e. The van der Waals surface area contributed by atoms with Gasteiger partial charge in [0.25, 0.3) is 0 Å². The number of pyridine rings is 1. The van der Waals surface area contributed by atoms with Gasteiger partial charge in [0, 0.05) is 24.8 Å². The lowest BCUT2D eigenvalue weighted by Gasteiger charge is -2.19. The first-order valence-corrected chi connectivity index (χ1v) is 10.2. The van der Waals surface area contributed by atoms with Crippen molar-refractivity contribution in [3.8, 4) is 5.88 Å². The number of hydrogen-bond donors (Lipinski definition) is 2. The van der Waals surface area contributed by atoms with Crippen LogP contribution in [0.15, 0.2) is 42.6 Å². The summed E-state index contributed by atoms with van der Waals surface area (Å²) in [6, 6.07) is 11.6. The van der Waals surface area contributed by atoms with Crippen molar-refractivity contribution >= 4 is 6.03 Å². The Balaban J connectivity index is 1.81. The largest absolute Gasteiger partial charge is 0.477 e. The van der Waals surface area contributed by atoms with E-state index in [1.807, 2.05) is 57.2 Å². The van der Waals surface area contributed by atoms with Gasteiger partial charge >= 0.3 is 6.03 Å². The van der Waals surface area contributed by atoms with E-state index in [1.165, 1.54) is 0 Å². The van der Waals surface area contributed by atoms with E-state index in [1.54, 1.807) is 6.20 Å². The molecule has 0 bridgehead atoms. The summed E-state index contributed by atoms with van der Waals surface area (Å²) < 4.78 is 11.5. The minimum atomic E-state index is -0.232. The molecule has 0 saturated carbocycles. The summed E-state index contributed by atoms with van der Waals surface area (Å²) in [6.45, 7) is 10.2. The summed E-state index contributed by atoms with van der Waals surface area (Å²) in [5, 5.41) is 5.75. The Hall–Kier alpha value is -2.60. The molecule has 2 amide bonds. The number of amides is 2. The van der Waals surface area contributed by atoms with Crippen LogP contribution >= 0.6 is 0 Å². The van der Waals surface area contributed by atoms with E-state index >= 15 is 0 Å². The number of benzene rings is 1. The first kappa shape index (κ1) is 22.7. The number of hydrogen-bond acceptors (Lipinski definition) is 4. The molecule has 6 nitrogen and oxygen atoms in total. The Labute approximate surface area is 174 Å². The molecular formula is C23H33N3O3. The number of nitrogens with zero attached hydrogens (tertiary/aromatic N) is 1. The summed E-state index contributed by atoms with van der Waals surface area (Å²) in [4.78, 5) is 16.5. The van der Waals surface area contributed by atoms with Crippen LogP contribution in [0.2, 0.25) is 0 Å². The van der Waals surface area contributed by atoms with E-state index in [4.69, 9.17) is 9.47 Å². The van der Waals surface area contributed by atoms with Crippen molar-refractivity contribution in [3.05, 3.63) is 59.3 Å². The molecule has 0 spiro atoms. The predicted molar refractivity (Wildman–Crippen MR) is 115 cm³/mol. The van der Waals surface area contributed by atoms with Crippen LogP contribution in [0, 0.1) is 0 Å². The molecule has 1 heterocycles. The highest BCUT2D eigenvalue weighted by Gasteiger charge is 2.10. The number of carbonyl (C=O) groups excluding carboxylic acids is 1. The van der Waals surface area contributed by atoms with Gasteiger partial charge in [0.15, 0.2) is 0 Å². The molecule has 29 heavy (non-hydrogen) atoms. The molecular weight excluding hydrogens is 366 g/mol. The summed E-state index contributed by atoms with van der Waals surface area (Å²) >= 11 is 0. The molecule has 0 aliphatic carbocycles. The Morgan fingerprint density at radius 3 is 2.59 bits per heavy atom. The van der Waals surface area contributed by atoms with E-state index in [-0.39, 0.29) is 11.6 Å². The standard InChI is InChI=1S/C23H33N3O3/c1-5-6-13-28-21-20(11-8-12-24-21)16-26-22(27)25-15-18-9-7-10-19(14-18)17-29-23(2,3)4/h7-12,14H,5-6,13,15-17H2,1-4H3,(H2,25,26,27). The zero-order valence-electron chi connectivity index (χ0n) is 18.0. The molecule has 0 aliphatic rings. The van der Waals surface area contributed by atoms with Crippen LogP contribution in [0.4, 0.5) is 4.79 Å². The van der Waals surface area contributed by atoms with E-state index in [9.17, 15) is 4.79 Å². The summed E-state index contributed by atoms with van der Waals surface area (Å²) in [7, 11) is 0. The fraction of sp³-hybridized carbons (Fsp3) is 0.478. The van der Waals surface area contributed by atoms with Crippen molar-refractivity contribution in [1.29, 1.82) is 0 Å². The van der Waals surface area contributed by atoms with Crippen LogP contribution in [0.5, 0.6) is 5.88 Å². The third-order valence-corrected chi connectivity index (χ3v) is 4.14. The molecule has 0 saturated heterocycles. The maximum Gasteiger partial charge on any atom is 0.315 e. The van der Waals surface area contributed by atoms with E-state index in [0.29, 0.717) is 32.2 Å². The molecule has 0 radical (unpaired) electrons. The number of unbranched alkanes of at least 4 members (excludes halogenated alkanes) is 1. The molecule has 1 aromatic carbocycles. The highest BCUT2D eigenvalue weighted by molar-refractivity contribution is 5.73. The van der Waals surface area contributed by atoms with Gasteiger partial charge in [-0.3, -0.25) is 0 Å². The molecule has 6 heteroatoms. The van der Waals surface area contributed by atoms with Crippen LogP contribution in [0.3, 0.4) is 0 Å². The highest BCUT2D eigenvalue weighted by Crippen LogP contribution is 2.15. The quantitative estimate of drug-likeness (QED) is 0.574. The van der Waals surface area contributed by atoms with Gasteiger partial charge in [-0.1, -0.05) is 43.7 Å². The smallest absolute Gasteiger partial charge is 0.315 e. The SMILES string of the molecule is CCCCOc1ncccc1CNC(=O)NCc1cccc(COC(C)(C)C)c1. The number of ether oxygens (including phenoxy) is 2. The second-order valence-corrected chi connectivity index (χ2v) is 7.93. The van der Waals surface area contributed by atoms with Crippen LogP contribution in [0.1, 0.15) is 57.2 Å². The Morgan fingerprint density at radius 2 is 1.83 bits per heavy atom. The first-order chi connectivity index (χ1) is 13.9. The third kappa shape index (κ3) is 8.96. The molecule has 0 fully saturated rings. The molecule has 158 valence electrons. The normalized spacial score (nSPS) is 11.2. The molecule has 2 aromatic rings. The summed E-state index contributed by atoms with van der Waals surface area (Å²) in [5.74, 6) is 0.577. The third-order valence-electron chi connectivity index (χ3n) is 4.14. The number of nitrogens with one attached hydrogen (secondary N) is 2. The van der Waals surface area contributed by atoms with E-state index in [0.717, 1.165) is 29.5 Å². The molecule has 2 N–H and O–H groups in total. The Morgan fingerprint density at radius 1 is 1.07 bits per heavy atom. The minimum absolute atomic E-state index is 0.181. The van der Waals surface area contributed by atoms with E-state index < -0.39 is 0 Å². The molecule has 2 rings (SSSR count). The lowest BCUT2D eigenvalue weighted by molar-refractivity contribution is -0.0149. The fourth-order valence-electron chi connectivity index (χ4n) is 2.55. The van der Waals surface area contributed by atoms with Gasteiger partial charge < -0.3 is 20.1 Å². The highest BCUT2D eigenvalue weighted by atomic mass is 16.5. The molecule has 1 aromatic heterocycles. The maximum absolute atomic E-state index is 12.2. The average molecular weight is 400 g/mol. The summed E-state index contributed by atoms with van der Waals surface area (Å²) in [6.07, 6.45) is 3.73. The number of rotatable bonds is 10. The number of carbonyl (C=O) groups is 1. The van der Waals surface area contributed by atoms with Crippen molar-refractivity contribution in [3.63, 3.8) is 0 Å². The van der Waals surface area contributed by atoms with Gasteiger partial charge in [-0.05, 0) is 44.4 Å². The lowest BCUT2D eigenvalue weighted by atomic mass is 10.1. The van der Waals surface area contributed by atoms with Crippen molar-refractivity contribution in [2.24, 2.45) is 0 Å². The Kier molecular flexibility index (Phi) is 8.93. The van der Waals surface area contributed by atoms with Crippen molar-refractivity contribution < 1.29 is 14.3 Å². The molecule has 0 unspecified atom stereocenters. The number of urea groups is 1. The lowest BCUT2D eigenvalue weighted by Crippen LogP contribution is -2.34. The second kappa shape index (κ2) is 11.4. The topological polar surface area (TPSA) is 72.5 Å². The van der Waals surface area contributed by atoms with Crippen LogP contribution in [-0.2, 0) is 24.4 Å². The maximum atomic E-state index is 12.2. The van der Waals surface area contributed by atoms with Crippen molar-refractivity contribution in [1.82, 2.24) is 15.6 Å². The monoisotopic (exact) mass is 399 g/mol. The Bertz CT molecular complexity index is 772. The van der Waals surface area contributed by atoms with Gasteiger partial charge in [0.2, 0.25) is 5.88 Å².